The highest BCUT2D eigenvalue weighted by atomic mass is 35.5. The lowest BCUT2D eigenvalue weighted by molar-refractivity contribution is -0.140. The Bertz CT molecular complexity index is 799. The van der Waals surface area contributed by atoms with E-state index in [1.165, 1.54) is 4.90 Å². The van der Waals surface area contributed by atoms with Crippen molar-refractivity contribution >= 4 is 23.4 Å². The third-order valence-corrected chi connectivity index (χ3v) is 4.86. The van der Waals surface area contributed by atoms with Crippen molar-refractivity contribution in [2.75, 3.05) is 0 Å². The number of nitrogens with zero attached hydrogens (tertiary/aromatic N) is 2. The lowest BCUT2D eigenvalue weighted by Crippen LogP contribution is -2.30. The minimum absolute atomic E-state index is 0.112. The lowest BCUT2D eigenvalue weighted by atomic mass is 9.85. The van der Waals surface area contributed by atoms with Gasteiger partial charge in [0.1, 0.15) is 5.69 Å². The van der Waals surface area contributed by atoms with Crippen LogP contribution in [-0.4, -0.2) is 21.9 Å². The van der Waals surface area contributed by atoms with Gasteiger partial charge in [0.2, 0.25) is 11.8 Å². The minimum atomic E-state index is -0.221. The Balaban J connectivity index is 1.53. The Labute approximate surface area is 143 Å². The van der Waals surface area contributed by atoms with Gasteiger partial charge in [0, 0.05) is 16.7 Å². The van der Waals surface area contributed by atoms with Gasteiger partial charge in [-0.2, -0.15) is 0 Å². The second-order valence-electron chi connectivity index (χ2n) is 6.10. The van der Waals surface area contributed by atoms with Crippen molar-refractivity contribution in [2.24, 2.45) is 11.8 Å². The normalized spacial score (nSPS) is 23.0. The van der Waals surface area contributed by atoms with Crippen LogP contribution in [0.25, 0.3) is 11.3 Å². The molecule has 1 aromatic carbocycles. The van der Waals surface area contributed by atoms with Crippen LogP contribution in [-0.2, 0) is 16.1 Å². The van der Waals surface area contributed by atoms with Crippen molar-refractivity contribution in [2.45, 2.75) is 19.4 Å². The zero-order chi connectivity index (χ0) is 16.7. The van der Waals surface area contributed by atoms with E-state index in [2.05, 4.69) is 5.16 Å². The first kappa shape index (κ1) is 15.1. The molecule has 1 fully saturated rings. The van der Waals surface area contributed by atoms with Gasteiger partial charge in [0.15, 0.2) is 5.76 Å². The van der Waals surface area contributed by atoms with Gasteiger partial charge in [-0.25, -0.2) is 0 Å². The highest BCUT2D eigenvalue weighted by Crippen LogP contribution is 2.36. The van der Waals surface area contributed by atoms with Crippen molar-refractivity contribution in [3.05, 3.63) is 53.3 Å². The Hall–Kier alpha value is -2.40. The summed E-state index contributed by atoms with van der Waals surface area (Å²) in [6.07, 6.45) is 5.22. The molecule has 2 amide bonds. The number of amides is 2. The van der Waals surface area contributed by atoms with Crippen LogP contribution >= 0.6 is 11.6 Å². The van der Waals surface area contributed by atoms with Crippen molar-refractivity contribution < 1.29 is 14.1 Å². The summed E-state index contributed by atoms with van der Waals surface area (Å²) in [5.74, 6) is -0.173. The first-order valence-electron chi connectivity index (χ1n) is 7.85. The van der Waals surface area contributed by atoms with Crippen LogP contribution in [0.3, 0.4) is 0 Å². The van der Waals surface area contributed by atoms with Crippen LogP contribution in [0.4, 0.5) is 0 Å². The number of hydrogen-bond acceptors (Lipinski definition) is 4. The first-order chi connectivity index (χ1) is 11.6. The summed E-state index contributed by atoms with van der Waals surface area (Å²) < 4.78 is 5.32. The van der Waals surface area contributed by atoms with Crippen LogP contribution < -0.4 is 0 Å². The van der Waals surface area contributed by atoms with E-state index in [0.717, 1.165) is 5.56 Å². The number of allylic oxidation sites excluding steroid dienone is 2. The number of halogens is 1. The molecule has 1 aliphatic heterocycles. The van der Waals surface area contributed by atoms with Gasteiger partial charge in [0.25, 0.3) is 0 Å². The fourth-order valence-corrected chi connectivity index (χ4v) is 3.45. The predicted octanol–water partition coefficient (Wildman–Crippen LogP) is 3.45. The van der Waals surface area contributed by atoms with Gasteiger partial charge in [-0.3, -0.25) is 14.5 Å². The Morgan fingerprint density at radius 2 is 1.71 bits per heavy atom. The summed E-state index contributed by atoms with van der Waals surface area (Å²) >= 11 is 5.88. The molecule has 0 bridgehead atoms. The number of benzene rings is 1. The van der Waals surface area contributed by atoms with Gasteiger partial charge in [-0.15, -0.1) is 0 Å². The molecule has 2 atom stereocenters. The van der Waals surface area contributed by atoms with Crippen molar-refractivity contribution in [3.8, 4) is 11.3 Å². The summed E-state index contributed by atoms with van der Waals surface area (Å²) in [6.45, 7) is 0.130. The topological polar surface area (TPSA) is 63.4 Å². The van der Waals surface area contributed by atoms with E-state index in [1.54, 1.807) is 18.2 Å². The first-order valence-corrected chi connectivity index (χ1v) is 8.23. The van der Waals surface area contributed by atoms with Crippen LogP contribution in [0.1, 0.15) is 18.6 Å². The summed E-state index contributed by atoms with van der Waals surface area (Å²) in [7, 11) is 0. The van der Waals surface area contributed by atoms with E-state index in [0.29, 0.717) is 29.3 Å². The Morgan fingerprint density at radius 1 is 1.08 bits per heavy atom. The van der Waals surface area contributed by atoms with Gasteiger partial charge < -0.3 is 4.52 Å². The van der Waals surface area contributed by atoms with E-state index in [-0.39, 0.29) is 30.2 Å². The molecule has 2 aliphatic rings. The number of carbonyl (C=O) groups is 2. The second-order valence-corrected chi connectivity index (χ2v) is 6.54. The molecule has 122 valence electrons. The maximum absolute atomic E-state index is 12.5. The molecule has 1 aromatic heterocycles. The molecule has 4 rings (SSSR count). The summed E-state index contributed by atoms with van der Waals surface area (Å²) in [4.78, 5) is 26.2. The van der Waals surface area contributed by atoms with Crippen molar-refractivity contribution in [1.29, 1.82) is 0 Å². The van der Waals surface area contributed by atoms with E-state index in [9.17, 15) is 9.59 Å². The molecule has 0 unspecified atom stereocenters. The SMILES string of the molecule is O=C1[C@H]2CC=CC[C@H]2C(=O)N1Cc1cc(-c2ccc(Cl)cc2)no1. The number of aromatic nitrogens is 1. The van der Waals surface area contributed by atoms with Crippen LogP contribution in [0.2, 0.25) is 5.02 Å². The molecular weight excluding hydrogens is 328 g/mol. The predicted molar refractivity (Wildman–Crippen MR) is 87.9 cm³/mol. The van der Waals surface area contributed by atoms with Crippen molar-refractivity contribution in [3.63, 3.8) is 0 Å². The fourth-order valence-electron chi connectivity index (χ4n) is 3.32. The van der Waals surface area contributed by atoms with Gasteiger partial charge in [0.05, 0.1) is 18.4 Å². The standard InChI is InChI=1S/C18H15ClN2O3/c19-12-7-5-11(6-8-12)16-9-13(24-20-16)10-21-17(22)14-3-1-2-4-15(14)18(21)23/h1-2,5-9,14-15H,3-4,10H2/t14-,15+. The molecule has 24 heavy (non-hydrogen) atoms. The molecule has 0 N–H and O–H groups in total. The molecule has 1 saturated heterocycles. The second kappa shape index (κ2) is 5.91. The third-order valence-electron chi connectivity index (χ3n) is 4.61. The van der Waals surface area contributed by atoms with E-state index >= 15 is 0 Å². The maximum Gasteiger partial charge on any atom is 0.233 e. The average molecular weight is 343 g/mol. The summed E-state index contributed by atoms with van der Waals surface area (Å²) in [5.41, 5.74) is 1.52. The molecule has 2 heterocycles. The molecule has 0 radical (unpaired) electrons. The van der Waals surface area contributed by atoms with Gasteiger partial charge in [-0.05, 0) is 25.0 Å². The van der Waals surface area contributed by atoms with Crippen LogP contribution in [0, 0.1) is 11.8 Å². The zero-order valence-electron chi connectivity index (χ0n) is 12.8. The lowest BCUT2D eigenvalue weighted by Gasteiger charge is -2.14. The number of fused-ring (bicyclic) bond motifs is 1. The molecular formula is C18H15ClN2O3. The highest BCUT2D eigenvalue weighted by Gasteiger charge is 2.47. The Morgan fingerprint density at radius 3 is 2.33 bits per heavy atom. The van der Waals surface area contributed by atoms with Crippen LogP contribution in [0.15, 0.2) is 47.0 Å². The fraction of sp³-hybridized carbons (Fsp3) is 0.278. The number of likely N-dealkylation sites (tertiary alicyclic amines) is 1. The van der Waals surface area contributed by atoms with E-state index < -0.39 is 0 Å². The quantitative estimate of drug-likeness (QED) is 0.633. The highest BCUT2D eigenvalue weighted by molar-refractivity contribution is 6.30. The molecule has 5 nitrogen and oxygen atoms in total. The Kier molecular flexibility index (Phi) is 3.73. The number of imide groups is 1. The largest absolute Gasteiger partial charge is 0.359 e. The summed E-state index contributed by atoms with van der Waals surface area (Å²) in [6, 6.07) is 8.99. The smallest absolute Gasteiger partial charge is 0.233 e. The molecule has 6 heteroatoms. The number of rotatable bonds is 3. The van der Waals surface area contributed by atoms with Crippen LogP contribution in [0.5, 0.6) is 0 Å². The molecule has 0 saturated carbocycles. The zero-order valence-corrected chi connectivity index (χ0v) is 13.6. The average Bonchev–Trinajstić information content (AvgIpc) is 3.16. The van der Waals surface area contributed by atoms with Gasteiger partial charge in [-0.1, -0.05) is 41.0 Å². The minimum Gasteiger partial charge on any atom is -0.359 e. The molecule has 1 aliphatic carbocycles. The maximum atomic E-state index is 12.5. The molecule has 0 spiro atoms. The number of hydrogen-bond donors (Lipinski definition) is 0. The van der Waals surface area contributed by atoms with Crippen molar-refractivity contribution in [1.82, 2.24) is 10.1 Å². The van der Waals surface area contributed by atoms with Gasteiger partial charge >= 0.3 is 0 Å². The number of carbonyl (C=O) groups excluding carboxylic acids is 2. The monoisotopic (exact) mass is 342 g/mol. The molecule has 2 aromatic rings. The van der Waals surface area contributed by atoms with E-state index in [1.807, 2.05) is 24.3 Å². The van der Waals surface area contributed by atoms with E-state index in [4.69, 9.17) is 16.1 Å². The third kappa shape index (κ3) is 2.55. The summed E-state index contributed by atoms with van der Waals surface area (Å²) in [5, 5.41) is 4.66.